The first-order valence-electron chi connectivity index (χ1n) is 7.58. The quantitative estimate of drug-likeness (QED) is 0.725. The van der Waals surface area contributed by atoms with Crippen molar-refractivity contribution in [1.82, 2.24) is 14.5 Å². The third kappa shape index (κ3) is 3.66. The number of nitrogens with two attached hydrogens (primary N) is 1. The van der Waals surface area contributed by atoms with Gasteiger partial charge in [-0.2, -0.15) is 0 Å². The van der Waals surface area contributed by atoms with Crippen molar-refractivity contribution in [3.8, 4) is 0 Å². The lowest BCUT2D eigenvalue weighted by atomic mass is 9.97. The summed E-state index contributed by atoms with van der Waals surface area (Å²) in [6.07, 6.45) is 3.00. The molecule has 118 valence electrons. The van der Waals surface area contributed by atoms with Crippen LogP contribution in [0.3, 0.4) is 0 Å². The average molecular weight is 295 g/mol. The predicted octanol–water partition coefficient (Wildman–Crippen LogP) is 0.283. The standard InChI is InChI=1S/C14H25N5O2/c1-3-6-19-12(15)11(13(20)17-14(19)21)16-9-10-4-7-18(2)8-5-10/h10,16H,3-9,15H2,1-2H3,(H,17,20,21). The van der Waals surface area contributed by atoms with Gasteiger partial charge in [-0.25, -0.2) is 4.79 Å². The highest BCUT2D eigenvalue weighted by molar-refractivity contribution is 5.60. The van der Waals surface area contributed by atoms with E-state index in [2.05, 4.69) is 22.2 Å². The zero-order chi connectivity index (χ0) is 15.4. The van der Waals surface area contributed by atoms with Gasteiger partial charge in [0.05, 0.1) is 0 Å². The second kappa shape index (κ2) is 6.80. The molecule has 0 radical (unpaired) electrons. The number of anilines is 2. The van der Waals surface area contributed by atoms with E-state index in [9.17, 15) is 9.59 Å². The van der Waals surface area contributed by atoms with Crippen molar-refractivity contribution in [1.29, 1.82) is 0 Å². The Bertz CT molecular complexity index is 584. The van der Waals surface area contributed by atoms with Gasteiger partial charge in [0, 0.05) is 13.1 Å². The third-order valence-corrected chi connectivity index (χ3v) is 4.09. The van der Waals surface area contributed by atoms with Crippen molar-refractivity contribution < 1.29 is 0 Å². The zero-order valence-corrected chi connectivity index (χ0v) is 12.8. The number of likely N-dealkylation sites (tertiary alicyclic amines) is 1. The van der Waals surface area contributed by atoms with E-state index >= 15 is 0 Å². The molecule has 1 aliphatic rings. The summed E-state index contributed by atoms with van der Waals surface area (Å²) in [7, 11) is 2.12. The number of hydrogen-bond donors (Lipinski definition) is 3. The van der Waals surface area contributed by atoms with Crippen LogP contribution in [0.5, 0.6) is 0 Å². The summed E-state index contributed by atoms with van der Waals surface area (Å²) in [5.41, 5.74) is 5.43. The lowest BCUT2D eigenvalue weighted by molar-refractivity contribution is 0.226. The lowest BCUT2D eigenvalue weighted by Gasteiger charge is -2.29. The summed E-state index contributed by atoms with van der Waals surface area (Å²) in [6.45, 7) is 5.33. The van der Waals surface area contributed by atoms with E-state index in [1.54, 1.807) is 0 Å². The molecule has 2 heterocycles. The summed E-state index contributed by atoms with van der Waals surface area (Å²) >= 11 is 0. The van der Waals surface area contributed by atoms with Crippen molar-refractivity contribution in [3.63, 3.8) is 0 Å². The number of nitrogens with zero attached hydrogens (tertiary/aromatic N) is 2. The molecule has 0 unspecified atom stereocenters. The number of H-pyrrole nitrogens is 1. The maximum atomic E-state index is 11.9. The molecule has 0 amide bonds. The molecule has 1 fully saturated rings. The summed E-state index contributed by atoms with van der Waals surface area (Å²) in [5, 5.41) is 3.14. The molecule has 0 aliphatic carbocycles. The molecule has 1 aliphatic heterocycles. The Kier molecular flexibility index (Phi) is 5.06. The number of nitrogens with one attached hydrogen (secondary N) is 2. The van der Waals surface area contributed by atoms with E-state index < -0.39 is 11.2 Å². The minimum atomic E-state index is -0.441. The highest BCUT2D eigenvalue weighted by Gasteiger charge is 2.18. The topological polar surface area (TPSA) is 96.2 Å². The van der Waals surface area contributed by atoms with Crippen LogP contribution < -0.4 is 22.3 Å². The first-order chi connectivity index (χ1) is 10.0. The fourth-order valence-electron chi connectivity index (χ4n) is 2.72. The Morgan fingerprint density at radius 3 is 2.62 bits per heavy atom. The molecule has 7 nitrogen and oxygen atoms in total. The number of aromatic amines is 1. The predicted molar refractivity (Wildman–Crippen MR) is 84.7 cm³/mol. The summed E-state index contributed by atoms with van der Waals surface area (Å²) in [4.78, 5) is 28.3. The van der Waals surface area contributed by atoms with Crippen molar-refractivity contribution in [2.45, 2.75) is 32.7 Å². The fourth-order valence-corrected chi connectivity index (χ4v) is 2.72. The zero-order valence-electron chi connectivity index (χ0n) is 12.8. The summed E-state index contributed by atoms with van der Waals surface area (Å²) in [6, 6.07) is 0. The summed E-state index contributed by atoms with van der Waals surface area (Å²) in [5.74, 6) is 0.769. The van der Waals surface area contributed by atoms with Gasteiger partial charge < -0.3 is 16.0 Å². The van der Waals surface area contributed by atoms with Crippen LogP contribution in [0.25, 0.3) is 0 Å². The molecule has 7 heteroatoms. The van der Waals surface area contributed by atoms with E-state index in [4.69, 9.17) is 5.73 Å². The fraction of sp³-hybridized carbons (Fsp3) is 0.714. The van der Waals surface area contributed by atoms with Gasteiger partial charge in [-0.15, -0.1) is 0 Å². The second-order valence-electron chi connectivity index (χ2n) is 5.80. The van der Waals surface area contributed by atoms with Crippen LogP contribution in [-0.2, 0) is 6.54 Å². The van der Waals surface area contributed by atoms with Gasteiger partial charge >= 0.3 is 5.69 Å². The normalized spacial score (nSPS) is 17.0. The molecule has 0 bridgehead atoms. The van der Waals surface area contributed by atoms with Crippen LogP contribution >= 0.6 is 0 Å². The van der Waals surface area contributed by atoms with Crippen molar-refractivity contribution in [2.75, 3.05) is 37.7 Å². The van der Waals surface area contributed by atoms with Gasteiger partial charge in [0.25, 0.3) is 5.56 Å². The molecule has 2 rings (SSSR count). The van der Waals surface area contributed by atoms with Crippen molar-refractivity contribution in [3.05, 3.63) is 20.8 Å². The number of aromatic nitrogens is 2. The van der Waals surface area contributed by atoms with Crippen LogP contribution in [0.2, 0.25) is 0 Å². The van der Waals surface area contributed by atoms with Crippen LogP contribution in [0.4, 0.5) is 11.5 Å². The van der Waals surface area contributed by atoms with Crippen molar-refractivity contribution in [2.24, 2.45) is 5.92 Å². The Morgan fingerprint density at radius 2 is 2.00 bits per heavy atom. The number of nitrogen functional groups attached to an aromatic ring is 1. The molecule has 1 aromatic rings. The van der Waals surface area contributed by atoms with Gasteiger partial charge in [0.15, 0.2) is 0 Å². The Balaban J connectivity index is 2.11. The van der Waals surface area contributed by atoms with Gasteiger partial charge in [0.2, 0.25) is 0 Å². The smallest absolute Gasteiger partial charge is 0.330 e. The largest absolute Gasteiger partial charge is 0.383 e. The van der Waals surface area contributed by atoms with E-state index in [0.29, 0.717) is 24.7 Å². The second-order valence-corrected chi connectivity index (χ2v) is 5.80. The van der Waals surface area contributed by atoms with Crippen LogP contribution in [0.15, 0.2) is 9.59 Å². The molecule has 0 saturated carbocycles. The van der Waals surface area contributed by atoms with Crippen LogP contribution in [0, 0.1) is 5.92 Å². The Hall–Kier alpha value is -1.76. The van der Waals surface area contributed by atoms with Gasteiger partial charge in [0.1, 0.15) is 11.5 Å². The number of hydrogen-bond acceptors (Lipinski definition) is 5. The molecule has 0 atom stereocenters. The Morgan fingerprint density at radius 1 is 1.33 bits per heavy atom. The van der Waals surface area contributed by atoms with Gasteiger partial charge in [-0.3, -0.25) is 14.3 Å². The van der Waals surface area contributed by atoms with E-state index in [0.717, 1.165) is 32.4 Å². The Labute approximate surface area is 124 Å². The molecule has 0 spiro atoms. The maximum Gasteiger partial charge on any atom is 0.330 e. The molecular weight excluding hydrogens is 270 g/mol. The number of rotatable bonds is 5. The lowest BCUT2D eigenvalue weighted by Crippen LogP contribution is -2.36. The minimum Gasteiger partial charge on any atom is -0.383 e. The van der Waals surface area contributed by atoms with Gasteiger partial charge in [-0.05, 0) is 45.3 Å². The molecular formula is C14H25N5O2. The van der Waals surface area contributed by atoms with Crippen LogP contribution in [0.1, 0.15) is 26.2 Å². The summed E-state index contributed by atoms with van der Waals surface area (Å²) < 4.78 is 1.42. The first-order valence-corrected chi connectivity index (χ1v) is 7.58. The maximum absolute atomic E-state index is 11.9. The third-order valence-electron chi connectivity index (χ3n) is 4.09. The first kappa shape index (κ1) is 15.6. The molecule has 0 aromatic carbocycles. The average Bonchev–Trinajstić information content (AvgIpc) is 2.45. The molecule has 1 aromatic heterocycles. The minimum absolute atomic E-state index is 0.235. The highest BCUT2D eigenvalue weighted by Crippen LogP contribution is 2.18. The molecule has 21 heavy (non-hydrogen) atoms. The van der Waals surface area contributed by atoms with Gasteiger partial charge in [-0.1, -0.05) is 6.92 Å². The van der Waals surface area contributed by atoms with E-state index in [1.807, 2.05) is 6.92 Å². The van der Waals surface area contributed by atoms with Crippen LogP contribution in [-0.4, -0.2) is 41.1 Å². The highest BCUT2D eigenvalue weighted by atomic mass is 16.2. The van der Waals surface area contributed by atoms with E-state index in [1.165, 1.54) is 4.57 Å². The van der Waals surface area contributed by atoms with Crippen molar-refractivity contribution >= 4 is 11.5 Å². The van der Waals surface area contributed by atoms with E-state index in [-0.39, 0.29) is 5.82 Å². The number of piperidine rings is 1. The monoisotopic (exact) mass is 295 g/mol. The molecule has 1 saturated heterocycles. The molecule has 4 N–H and O–H groups in total. The SMILES string of the molecule is CCCn1c(N)c(NCC2CCN(C)CC2)c(=O)[nH]c1=O.